The first-order valence-corrected chi connectivity index (χ1v) is 14.4. The molecule has 0 aromatic rings. The van der Waals surface area contributed by atoms with Gasteiger partial charge in [-0.3, -0.25) is 19.2 Å². The lowest BCUT2D eigenvalue weighted by Crippen LogP contribution is -2.58. The van der Waals surface area contributed by atoms with Crippen LogP contribution in [-0.2, 0) is 28.7 Å². The smallest absolute Gasteiger partial charge is 0.326 e. The summed E-state index contributed by atoms with van der Waals surface area (Å²) < 4.78 is 5.18. The fraction of sp³-hybridized carbons (Fsp3) is 0.767. The van der Waals surface area contributed by atoms with E-state index in [-0.39, 0.29) is 35.9 Å². The molecule has 7 atom stereocenters. The zero-order valence-corrected chi connectivity index (χ0v) is 23.6. The lowest BCUT2D eigenvalue weighted by atomic mass is 9.46. The summed E-state index contributed by atoms with van der Waals surface area (Å²) in [6, 6.07) is -1.05. The minimum atomic E-state index is -1.58. The van der Waals surface area contributed by atoms with E-state index in [2.05, 4.69) is 12.2 Å². The summed E-state index contributed by atoms with van der Waals surface area (Å²) in [5.41, 5.74) is -0.908. The second-order valence-electron chi connectivity index (χ2n) is 13.0. The molecule has 0 saturated heterocycles. The molecule has 0 aromatic heterocycles. The summed E-state index contributed by atoms with van der Waals surface area (Å²) in [7, 11) is 0. The number of aliphatic carboxylic acids is 1. The number of ketones is 2. The number of aliphatic hydroxyl groups is 1. The summed E-state index contributed by atoms with van der Waals surface area (Å²) in [6.45, 7) is 7.10. The van der Waals surface area contributed by atoms with Crippen LogP contribution in [-0.4, -0.2) is 57.9 Å². The van der Waals surface area contributed by atoms with E-state index in [1.54, 1.807) is 13.8 Å². The van der Waals surface area contributed by atoms with Crippen molar-refractivity contribution in [3.8, 4) is 0 Å². The van der Waals surface area contributed by atoms with Crippen molar-refractivity contribution in [1.82, 2.24) is 5.32 Å². The molecule has 3 fully saturated rings. The summed E-state index contributed by atoms with van der Waals surface area (Å²) >= 11 is 0. The van der Waals surface area contributed by atoms with Gasteiger partial charge in [0.1, 0.15) is 11.6 Å². The van der Waals surface area contributed by atoms with E-state index in [4.69, 9.17) is 4.74 Å². The van der Waals surface area contributed by atoms with Crippen molar-refractivity contribution in [2.75, 3.05) is 6.61 Å². The molecule has 4 aliphatic carbocycles. The lowest BCUT2D eigenvalue weighted by Gasteiger charge is -2.58. The highest BCUT2D eigenvalue weighted by Crippen LogP contribution is 2.67. The van der Waals surface area contributed by atoms with Crippen LogP contribution in [0.3, 0.4) is 0 Å². The number of carboxylic acids is 1. The van der Waals surface area contributed by atoms with Gasteiger partial charge in [-0.15, -0.1) is 0 Å². The normalized spacial score (nSPS) is 36.2. The maximum atomic E-state index is 13.3. The zero-order valence-electron chi connectivity index (χ0n) is 23.6. The lowest BCUT2D eigenvalue weighted by molar-refractivity contribution is -0.170. The molecule has 4 aliphatic rings. The molecule has 0 aromatic carbocycles. The number of amides is 1. The average Bonchev–Trinajstić information content (AvgIpc) is 3.16. The Kier molecular flexibility index (Phi) is 8.14. The largest absolute Gasteiger partial charge is 0.480 e. The molecule has 9 heteroatoms. The Hall–Kier alpha value is -2.55. The molecular formula is C30H43NO8. The Morgan fingerprint density at radius 3 is 2.38 bits per heavy atom. The van der Waals surface area contributed by atoms with E-state index in [1.807, 2.05) is 13.0 Å². The van der Waals surface area contributed by atoms with E-state index in [0.717, 1.165) is 32.1 Å². The van der Waals surface area contributed by atoms with Crippen LogP contribution in [0.15, 0.2) is 11.6 Å². The first-order chi connectivity index (χ1) is 18.2. The van der Waals surface area contributed by atoms with Crippen molar-refractivity contribution in [2.45, 2.75) is 104 Å². The van der Waals surface area contributed by atoms with Gasteiger partial charge >= 0.3 is 11.9 Å². The molecule has 216 valence electrons. The maximum Gasteiger partial charge on any atom is 0.326 e. The van der Waals surface area contributed by atoms with E-state index in [0.29, 0.717) is 31.1 Å². The maximum absolute atomic E-state index is 13.3. The molecule has 9 nitrogen and oxygen atoms in total. The van der Waals surface area contributed by atoms with E-state index >= 15 is 0 Å². The number of ether oxygens (including phenoxy) is 1. The third kappa shape index (κ3) is 5.19. The predicted octanol–water partition coefficient (Wildman–Crippen LogP) is 3.37. The van der Waals surface area contributed by atoms with Crippen molar-refractivity contribution >= 4 is 29.4 Å². The summed E-state index contributed by atoms with van der Waals surface area (Å²) in [6.07, 6.45) is 7.28. The molecule has 0 heterocycles. The van der Waals surface area contributed by atoms with Gasteiger partial charge in [-0.05, 0) is 80.1 Å². The van der Waals surface area contributed by atoms with Gasteiger partial charge in [-0.25, -0.2) is 4.79 Å². The van der Waals surface area contributed by atoms with Crippen LogP contribution >= 0.6 is 0 Å². The molecule has 39 heavy (non-hydrogen) atoms. The van der Waals surface area contributed by atoms with Gasteiger partial charge in [-0.1, -0.05) is 33.3 Å². The highest BCUT2D eigenvalue weighted by molar-refractivity contribution is 5.92. The number of hydrogen-bond donors (Lipinski definition) is 3. The molecule has 4 rings (SSSR count). The minimum absolute atomic E-state index is 0.00431. The molecule has 0 radical (unpaired) electrons. The molecule has 0 bridgehead atoms. The minimum Gasteiger partial charge on any atom is -0.480 e. The van der Waals surface area contributed by atoms with Crippen LogP contribution in [0.1, 0.15) is 91.9 Å². The Balaban J connectivity index is 1.34. The monoisotopic (exact) mass is 545 g/mol. The molecule has 3 N–H and O–H groups in total. The van der Waals surface area contributed by atoms with Crippen LogP contribution in [0.4, 0.5) is 0 Å². The molecule has 1 amide bonds. The summed E-state index contributed by atoms with van der Waals surface area (Å²) in [5, 5.41) is 23.3. The number of Topliss-reactive ketones (excluding diaryl/α,β-unsaturated/α-hetero) is 1. The molecule has 3 saturated carbocycles. The van der Waals surface area contributed by atoms with Gasteiger partial charge in [-0.2, -0.15) is 0 Å². The van der Waals surface area contributed by atoms with Crippen molar-refractivity contribution < 1.29 is 38.9 Å². The quantitative estimate of drug-likeness (QED) is 0.374. The summed E-state index contributed by atoms with van der Waals surface area (Å²) in [4.78, 5) is 61.0. The number of esters is 1. The van der Waals surface area contributed by atoms with E-state index in [1.165, 1.54) is 5.57 Å². The van der Waals surface area contributed by atoms with Gasteiger partial charge in [0.2, 0.25) is 11.7 Å². The highest BCUT2D eigenvalue weighted by Gasteiger charge is 2.66. The Bertz CT molecular complexity index is 1080. The number of carbonyl (C=O) groups is 5. The number of carboxylic acid groups (broad SMARTS) is 1. The van der Waals surface area contributed by atoms with E-state index in [9.17, 15) is 34.2 Å². The van der Waals surface area contributed by atoms with Crippen LogP contribution in [0.25, 0.3) is 0 Å². The Labute approximate surface area is 230 Å². The first-order valence-electron chi connectivity index (χ1n) is 14.4. The predicted molar refractivity (Wildman–Crippen MR) is 141 cm³/mol. The van der Waals surface area contributed by atoms with Crippen molar-refractivity contribution in [1.29, 1.82) is 0 Å². The number of fused-ring (bicyclic) bond motifs is 5. The van der Waals surface area contributed by atoms with Crippen molar-refractivity contribution in [3.63, 3.8) is 0 Å². The van der Waals surface area contributed by atoms with E-state index < -0.39 is 47.3 Å². The molecule has 0 spiro atoms. The number of hydrogen-bond acceptors (Lipinski definition) is 7. The number of allylic oxidation sites excluding steroid dienone is 1. The Morgan fingerprint density at radius 1 is 1.03 bits per heavy atom. The Morgan fingerprint density at radius 2 is 1.72 bits per heavy atom. The SMILES string of the molecule is CC(C)C(NC(=O)CCC(=O)OCC(=O)C1(O)CCC2C3CCC4=CC(=O)CCC4(C)C3CCC21C)C(=O)O. The highest BCUT2D eigenvalue weighted by atomic mass is 16.5. The second-order valence-corrected chi connectivity index (χ2v) is 13.0. The standard InChI is InChI=1S/C30H43NO8/c1-17(2)26(27(36)37)31-24(34)7-8-25(35)39-16-23(33)30(38)14-11-22-20-6-5-18-15-19(32)9-12-28(18,3)21(20)10-13-29(22,30)4/h15,17,20-22,26,38H,5-14,16H2,1-4H3,(H,31,34)(H,36,37). The topological polar surface area (TPSA) is 147 Å². The molecule has 0 aliphatic heterocycles. The number of carbonyl (C=O) groups excluding carboxylic acids is 4. The van der Waals surface area contributed by atoms with Gasteiger partial charge in [0.05, 0.1) is 6.42 Å². The van der Waals surface area contributed by atoms with Crippen LogP contribution in [0, 0.1) is 34.5 Å². The fourth-order valence-corrected chi connectivity index (χ4v) is 8.35. The van der Waals surface area contributed by atoms with Crippen LogP contribution in [0.5, 0.6) is 0 Å². The van der Waals surface area contributed by atoms with Crippen molar-refractivity contribution in [3.05, 3.63) is 11.6 Å². The fourth-order valence-electron chi connectivity index (χ4n) is 8.35. The molecule has 7 unspecified atom stereocenters. The second kappa shape index (κ2) is 10.8. The first kappa shape index (κ1) is 29.4. The zero-order chi connectivity index (χ0) is 28.8. The number of nitrogens with one attached hydrogen (secondary N) is 1. The van der Waals surface area contributed by atoms with Gasteiger partial charge in [0, 0.05) is 18.3 Å². The average molecular weight is 546 g/mol. The van der Waals surface area contributed by atoms with Gasteiger partial charge < -0.3 is 20.3 Å². The van der Waals surface area contributed by atoms with Crippen LogP contribution < -0.4 is 5.32 Å². The van der Waals surface area contributed by atoms with Crippen LogP contribution in [0.2, 0.25) is 0 Å². The summed E-state index contributed by atoms with van der Waals surface area (Å²) in [5.74, 6) is -2.07. The third-order valence-corrected chi connectivity index (χ3v) is 10.7. The van der Waals surface area contributed by atoms with Gasteiger partial charge in [0.25, 0.3) is 0 Å². The molecular weight excluding hydrogens is 502 g/mol. The third-order valence-electron chi connectivity index (χ3n) is 10.7. The number of rotatable bonds is 9. The van der Waals surface area contributed by atoms with Crippen molar-refractivity contribution in [2.24, 2.45) is 34.5 Å². The van der Waals surface area contributed by atoms with Gasteiger partial charge in [0.15, 0.2) is 12.4 Å².